The van der Waals surface area contributed by atoms with E-state index in [0.717, 1.165) is 31.3 Å². The van der Waals surface area contributed by atoms with E-state index in [0.29, 0.717) is 25.3 Å². The molecule has 0 radical (unpaired) electrons. The van der Waals surface area contributed by atoms with E-state index in [1.807, 2.05) is 18.2 Å². The molecule has 0 N–H and O–H groups in total. The average molecular weight is 329 g/mol. The summed E-state index contributed by atoms with van der Waals surface area (Å²) in [6.45, 7) is 2.18. The summed E-state index contributed by atoms with van der Waals surface area (Å²) in [5.74, 6) is 1.52. The van der Waals surface area contributed by atoms with Crippen LogP contribution in [0.1, 0.15) is 44.1 Å². The zero-order chi connectivity index (χ0) is 16.4. The highest BCUT2D eigenvalue weighted by Crippen LogP contribution is 2.56. The molecule has 1 aromatic rings. The molecule has 24 heavy (non-hydrogen) atoms. The van der Waals surface area contributed by atoms with E-state index in [1.54, 1.807) is 0 Å². The van der Waals surface area contributed by atoms with Crippen molar-refractivity contribution in [2.45, 2.75) is 57.2 Å². The quantitative estimate of drug-likeness (QED) is 0.643. The van der Waals surface area contributed by atoms with Gasteiger partial charge in [0, 0.05) is 12.6 Å². The first-order valence-electron chi connectivity index (χ1n) is 9.41. The number of carbonyl (C=O) groups excluding carboxylic acids is 1. The van der Waals surface area contributed by atoms with E-state index in [4.69, 9.17) is 9.47 Å². The maximum Gasteiger partial charge on any atom is 0.410 e. The van der Waals surface area contributed by atoms with Crippen molar-refractivity contribution in [1.82, 2.24) is 4.90 Å². The highest BCUT2D eigenvalue weighted by molar-refractivity contribution is 5.71. The summed E-state index contributed by atoms with van der Waals surface area (Å²) in [6.07, 6.45) is 7.18. The van der Waals surface area contributed by atoms with Gasteiger partial charge in [0.25, 0.3) is 0 Å². The van der Waals surface area contributed by atoms with Crippen molar-refractivity contribution >= 4 is 6.09 Å². The van der Waals surface area contributed by atoms with Crippen molar-refractivity contribution in [1.29, 1.82) is 0 Å². The number of rotatable bonds is 9. The van der Waals surface area contributed by atoms with Crippen LogP contribution in [0.5, 0.6) is 0 Å². The Morgan fingerprint density at radius 3 is 2.79 bits per heavy atom. The number of carbonyl (C=O) groups is 1. The highest BCUT2D eigenvalue weighted by Gasteiger charge is 2.62. The van der Waals surface area contributed by atoms with Crippen LogP contribution in [0.15, 0.2) is 30.3 Å². The number of hydrogen-bond acceptors (Lipinski definition) is 3. The second-order valence-electron chi connectivity index (χ2n) is 7.42. The Morgan fingerprint density at radius 2 is 1.92 bits per heavy atom. The van der Waals surface area contributed by atoms with Gasteiger partial charge >= 0.3 is 6.09 Å². The van der Waals surface area contributed by atoms with Crippen LogP contribution in [0.25, 0.3) is 0 Å². The number of unbranched alkanes of at least 4 members (excludes halogenated alkanes) is 3. The van der Waals surface area contributed by atoms with E-state index in [2.05, 4.69) is 17.0 Å². The molecule has 3 fully saturated rings. The molecule has 4 atom stereocenters. The lowest BCUT2D eigenvalue weighted by atomic mass is 10.0. The van der Waals surface area contributed by atoms with E-state index >= 15 is 0 Å². The predicted molar refractivity (Wildman–Crippen MR) is 91.5 cm³/mol. The third-order valence-corrected chi connectivity index (χ3v) is 5.83. The second-order valence-corrected chi connectivity index (χ2v) is 7.42. The van der Waals surface area contributed by atoms with Gasteiger partial charge in [0.2, 0.25) is 0 Å². The molecule has 4 rings (SSSR count). The summed E-state index contributed by atoms with van der Waals surface area (Å²) in [7, 11) is 0. The first-order chi connectivity index (χ1) is 11.8. The molecule has 0 bridgehead atoms. The number of cyclic esters (lactones) is 1. The van der Waals surface area contributed by atoms with Gasteiger partial charge in [0.15, 0.2) is 0 Å². The maximum atomic E-state index is 11.8. The van der Waals surface area contributed by atoms with Crippen molar-refractivity contribution in [2.24, 2.45) is 11.8 Å². The molecule has 4 nitrogen and oxygen atoms in total. The third-order valence-electron chi connectivity index (χ3n) is 5.83. The van der Waals surface area contributed by atoms with Crippen molar-refractivity contribution < 1.29 is 14.3 Å². The number of ether oxygens (including phenoxy) is 2. The summed E-state index contributed by atoms with van der Waals surface area (Å²) in [5, 5.41) is 0. The van der Waals surface area contributed by atoms with Gasteiger partial charge in [-0.2, -0.15) is 0 Å². The Kier molecular flexibility index (Phi) is 4.74. The fourth-order valence-electron chi connectivity index (χ4n) is 4.51. The lowest BCUT2D eigenvalue weighted by molar-refractivity contribution is 0.116. The minimum Gasteiger partial charge on any atom is -0.447 e. The lowest BCUT2D eigenvalue weighted by Crippen LogP contribution is -2.38. The molecule has 0 unspecified atom stereocenters. The van der Waals surface area contributed by atoms with Gasteiger partial charge in [-0.25, -0.2) is 4.79 Å². The summed E-state index contributed by atoms with van der Waals surface area (Å²) < 4.78 is 11.0. The van der Waals surface area contributed by atoms with Crippen LogP contribution in [0, 0.1) is 11.8 Å². The Balaban J connectivity index is 1.07. The molecule has 2 saturated heterocycles. The molecule has 130 valence electrons. The van der Waals surface area contributed by atoms with Crippen molar-refractivity contribution in [2.75, 3.05) is 13.2 Å². The third kappa shape index (κ3) is 3.30. The van der Waals surface area contributed by atoms with Crippen molar-refractivity contribution in [3.8, 4) is 0 Å². The van der Waals surface area contributed by atoms with Crippen molar-refractivity contribution in [3.63, 3.8) is 0 Å². The van der Waals surface area contributed by atoms with Gasteiger partial charge < -0.3 is 9.47 Å². The molecule has 2 heterocycles. The van der Waals surface area contributed by atoms with Gasteiger partial charge in [-0.15, -0.1) is 0 Å². The first kappa shape index (κ1) is 15.9. The largest absolute Gasteiger partial charge is 0.447 e. The predicted octanol–water partition coefficient (Wildman–Crippen LogP) is 3.99. The van der Waals surface area contributed by atoms with E-state index < -0.39 is 0 Å². The number of hydrogen-bond donors (Lipinski definition) is 0. The van der Waals surface area contributed by atoms with Crippen LogP contribution in [0.3, 0.4) is 0 Å². The van der Waals surface area contributed by atoms with Gasteiger partial charge in [-0.1, -0.05) is 49.6 Å². The topological polar surface area (TPSA) is 38.8 Å². The van der Waals surface area contributed by atoms with Crippen LogP contribution in [0.4, 0.5) is 4.79 Å². The number of nitrogens with zero attached hydrogens (tertiary/aromatic N) is 1. The van der Waals surface area contributed by atoms with Crippen molar-refractivity contribution in [3.05, 3.63) is 35.9 Å². The second kappa shape index (κ2) is 7.14. The fourth-order valence-corrected chi connectivity index (χ4v) is 4.51. The molecule has 2 aliphatic heterocycles. The summed E-state index contributed by atoms with van der Waals surface area (Å²) >= 11 is 0. The molecule has 0 aromatic heterocycles. The number of fused-ring (bicyclic) bond motifs is 3. The summed E-state index contributed by atoms with van der Waals surface area (Å²) in [6, 6.07) is 11.2. The smallest absolute Gasteiger partial charge is 0.410 e. The molecule has 3 aliphatic rings. The molecule has 0 spiro atoms. The molecular weight excluding hydrogens is 302 g/mol. The van der Waals surface area contributed by atoms with Crippen LogP contribution in [0.2, 0.25) is 0 Å². The Bertz CT molecular complexity index is 561. The lowest BCUT2D eigenvalue weighted by Gasteiger charge is -2.24. The first-order valence-corrected chi connectivity index (χ1v) is 9.41. The molecule has 1 amide bonds. The zero-order valence-electron chi connectivity index (χ0n) is 14.2. The van der Waals surface area contributed by atoms with E-state index in [1.165, 1.54) is 31.2 Å². The Morgan fingerprint density at radius 1 is 1.08 bits per heavy atom. The van der Waals surface area contributed by atoms with Crippen LogP contribution in [-0.4, -0.2) is 36.3 Å². The summed E-state index contributed by atoms with van der Waals surface area (Å²) in [4.78, 5) is 13.9. The number of benzene rings is 1. The van der Waals surface area contributed by atoms with Crippen LogP contribution >= 0.6 is 0 Å². The minimum absolute atomic E-state index is 0.0634. The maximum absolute atomic E-state index is 11.8. The Hall–Kier alpha value is -1.55. The standard InChI is InChI=1S/C20H27NO3/c22-20-21-18(16-12-17(16)19(21)14-24-20)10-6-1-2-7-11-23-13-15-8-4-3-5-9-15/h3-5,8-9,16-19H,1-2,6-7,10-14H2/t16-,17+,18+,19+/m1/s1. The normalized spacial score (nSPS) is 30.2. The van der Waals surface area contributed by atoms with Gasteiger partial charge in [0.05, 0.1) is 12.6 Å². The summed E-state index contributed by atoms with van der Waals surface area (Å²) in [5.41, 5.74) is 1.24. The SMILES string of the molecule is O=C1OC[C@H]2[C@H]3C[C@H]3[C@H](CCCCCCOCc3ccccc3)N12. The molecule has 1 aromatic carbocycles. The molecule has 1 saturated carbocycles. The molecule has 4 heteroatoms. The highest BCUT2D eigenvalue weighted by atomic mass is 16.6. The molecule has 1 aliphatic carbocycles. The van der Waals surface area contributed by atoms with Gasteiger partial charge in [-0.05, 0) is 36.7 Å². The van der Waals surface area contributed by atoms with Gasteiger partial charge in [-0.3, -0.25) is 4.90 Å². The van der Waals surface area contributed by atoms with Crippen LogP contribution < -0.4 is 0 Å². The zero-order valence-corrected chi connectivity index (χ0v) is 14.2. The Labute approximate surface area is 144 Å². The fraction of sp³-hybridized carbons (Fsp3) is 0.650. The number of piperidine rings is 1. The number of amides is 1. The monoisotopic (exact) mass is 329 g/mol. The van der Waals surface area contributed by atoms with E-state index in [9.17, 15) is 4.79 Å². The minimum atomic E-state index is -0.0634. The van der Waals surface area contributed by atoms with Crippen LogP contribution in [-0.2, 0) is 16.1 Å². The van der Waals surface area contributed by atoms with Gasteiger partial charge in [0.1, 0.15) is 6.61 Å². The molecular formula is C20H27NO3. The average Bonchev–Trinajstić information content (AvgIpc) is 3.21. The van der Waals surface area contributed by atoms with E-state index in [-0.39, 0.29) is 6.09 Å².